The van der Waals surface area contributed by atoms with Gasteiger partial charge in [-0.15, -0.1) is 0 Å². The van der Waals surface area contributed by atoms with Gasteiger partial charge in [-0.2, -0.15) is 4.98 Å². The molecule has 6 nitrogen and oxygen atoms in total. The zero-order valence-electron chi connectivity index (χ0n) is 11.3. The first-order valence-corrected chi connectivity index (χ1v) is 6.81. The van der Waals surface area contributed by atoms with Crippen LogP contribution in [0.2, 0.25) is 5.02 Å². The van der Waals surface area contributed by atoms with Crippen LogP contribution < -0.4 is 0 Å². The van der Waals surface area contributed by atoms with E-state index in [1.54, 1.807) is 24.3 Å². The van der Waals surface area contributed by atoms with E-state index in [9.17, 15) is 10.1 Å². The minimum atomic E-state index is -0.452. The molecule has 1 aromatic heterocycles. The van der Waals surface area contributed by atoms with Gasteiger partial charge in [-0.3, -0.25) is 10.1 Å². The molecule has 3 aromatic rings. The highest BCUT2D eigenvalue weighted by atomic mass is 35.5. The molecule has 0 spiro atoms. The third-order valence-electron chi connectivity index (χ3n) is 3.07. The van der Waals surface area contributed by atoms with Crippen molar-refractivity contribution in [1.29, 1.82) is 0 Å². The third kappa shape index (κ3) is 3.12. The highest BCUT2D eigenvalue weighted by Crippen LogP contribution is 2.21. The molecule has 0 saturated carbocycles. The zero-order chi connectivity index (χ0) is 15.5. The van der Waals surface area contributed by atoms with Gasteiger partial charge in [0.15, 0.2) is 0 Å². The van der Waals surface area contributed by atoms with E-state index in [0.717, 1.165) is 5.56 Å². The second-order valence-electron chi connectivity index (χ2n) is 4.62. The fourth-order valence-corrected chi connectivity index (χ4v) is 2.08. The summed E-state index contributed by atoms with van der Waals surface area (Å²) in [6, 6.07) is 13.4. The minimum Gasteiger partial charge on any atom is -0.339 e. The fourth-order valence-electron chi connectivity index (χ4n) is 1.95. The Kier molecular flexibility index (Phi) is 3.84. The average Bonchev–Trinajstić information content (AvgIpc) is 2.98. The summed E-state index contributed by atoms with van der Waals surface area (Å²) >= 11 is 5.83. The van der Waals surface area contributed by atoms with Crippen LogP contribution in [0.25, 0.3) is 11.4 Å². The highest BCUT2D eigenvalue weighted by Gasteiger charge is 2.11. The van der Waals surface area contributed by atoms with E-state index in [0.29, 0.717) is 28.7 Å². The first-order chi connectivity index (χ1) is 10.6. The van der Waals surface area contributed by atoms with Gasteiger partial charge in [0.05, 0.1) is 11.3 Å². The normalized spacial score (nSPS) is 10.6. The predicted octanol–water partition coefficient (Wildman–Crippen LogP) is 3.89. The zero-order valence-corrected chi connectivity index (χ0v) is 12.0. The van der Waals surface area contributed by atoms with Gasteiger partial charge in [-0.25, -0.2) is 0 Å². The Hall–Kier alpha value is -2.73. The lowest BCUT2D eigenvalue weighted by molar-refractivity contribution is -0.384. The molecule has 0 amide bonds. The van der Waals surface area contributed by atoms with Crippen molar-refractivity contribution in [2.24, 2.45) is 0 Å². The molecule has 0 N–H and O–H groups in total. The lowest BCUT2D eigenvalue weighted by atomic mass is 10.1. The molecule has 0 aliphatic heterocycles. The number of benzene rings is 2. The second-order valence-corrected chi connectivity index (χ2v) is 5.06. The Balaban J connectivity index is 1.78. The quantitative estimate of drug-likeness (QED) is 0.539. The number of nitro groups is 1. The number of rotatable bonds is 4. The van der Waals surface area contributed by atoms with E-state index < -0.39 is 4.92 Å². The van der Waals surface area contributed by atoms with Crippen molar-refractivity contribution in [2.75, 3.05) is 0 Å². The summed E-state index contributed by atoms with van der Waals surface area (Å²) in [4.78, 5) is 14.5. The summed E-state index contributed by atoms with van der Waals surface area (Å²) in [5, 5.41) is 15.2. The first-order valence-electron chi connectivity index (χ1n) is 6.44. The van der Waals surface area contributed by atoms with Crippen molar-refractivity contribution in [1.82, 2.24) is 10.1 Å². The first kappa shape index (κ1) is 14.2. The van der Waals surface area contributed by atoms with Crippen molar-refractivity contribution in [2.45, 2.75) is 6.42 Å². The molecule has 0 aliphatic rings. The summed E-state index contributed by atoms with van der Waals surface area (Å²) in [6.07, 6.45) is 0.497. The van der Waals surface area contributed by atoms with Gasteiger partial charge in [-0.05, 0) is 29.8 Å². The van der Waals surface area contributed by atoms with Crippen molar-refractivity contribution >= 4 is 17.3 Å². The second kappa shape index (κ2) is 5.95. The Labute approximate surface area is 130 Å². The van der Waals surface area contributed by atoms with Crippen molar-refractivity contribution < 1.29 is 9.45 Å². The smallest absolute Gasteiger partial charge is 0.269 e. The van der Waals surface area contributed by atoms with E-state index in [1.165, 1.54) is 12.1 Å². The number of non-ortho nitro benzene ring substituents is 1. The molecule has 7 heteroatoms. The number of nitrogens with zero attached hydrogens (tertiary/aromatic N) is 3. The fraction of sp³-hybridized carbons (Fsp3) is 0.0667. The van der Waals surface area contributed by atoms with E-state index >= 15 is 0 Å². The molecule has 0 aliphatic carbocycles. The molecule has 0 atom stereocenters. The Bertz CT molecular complexity index is 798. The lowest BCUT2D eigenvalue weighted by Gasteiger charge is -1.96. The Morgan fingerprint density at radius 2 is 1.77 bits per heavy atom. The molecule has 3 rings (SSSR count). The van der Waals surface area contributed by atoms with E-state index in [4.69, 9.17) is 16.1 Å². The monoisotopic (exact) mass is 315 g/mol. The summed E-state index contributed by atoms with van der Waals surface area (Å²) in [7, 11) is 0. The van der Waals surface area contributed by atoms with Gasteiger partial charge in [0.1, 0.15) is 0 Å². The van der Waals surface area contributed by atoms with Gasteiger partial charge in [0.2, 0.25) is 11.7 Å². The standard InChI is InChI=1S/C15H10ClN3O3/c16-12-5-1-10(2-6-12)9-14-17-15(18-22-14)11-3-7-13(8-4-11)19(20)21/h1-8H,9H2. The topological polar surface area (TPSA) is 82.1 Å². The number of hydrogen-bond donors (Lipinski definition) is 0. The highest BCUT2D eigenvalue weighted by molar-refractivity contribution is 6.30. The maximum absolute atomic E-state index is 10.6. The van der Waals surface area contributed by atoms with Gasteiger partial charge in [0.25, 0.3) is 5.69 Å². The molecule has 0 radical (unpaired) electrons. The molecule has 0 bridgehead atoms. The Morgan fingerprint density at radius 1 is 1.09 bits per heavy atom. The van der Waals surface area contributed by atoms with Gasteiger partial charge < -0.3 is 4.52 Å². The summed E-state index contributed by atoms with van der Waals surface area (Å²) in [5.41, 5.74) is 1.69. The SMILES string of the molecule is O=[N+]([O-])c1ccc(-c2noc(Cc3ccc(Cl)cc3)n2)cc1. The summed E-state index contributed by atoms with van der Waals surface area (Å²) in [5.74, 6) is 0.870. The predicted molar refractivity (Wildman–Crippen MR) is 80.6 cm³/mol. The third-order valence-corrected chi connectivity index (χ3v) is 3.32. The van der Waals surface area contributed by atoms with Crippen LogP contribution in [0, 0.1) is 10.1 Å². The van der Waals surface area contributed by atoms with E-state index in [1.807, 2.05) is 12.1 Å². The van der Waals surface area contributed by atoms with Crippen LogP contribution in [0.5, 0.6) is 0 Å². The van der Waals surface area contributed by atoms with Crippen molar-refractivity contribution in [3.8, 4) is 11.4 Å². The lowest BCUT2D eigenvalue weighted by Crippen LogP contribution is -1.89. The number of nitro benzene ring substituents is 1. The molecule has 110 valence electrons. The molecule has 22 heavy (non-hydrogen) atoms. The van der Waals surface area contributed by atoms with Crippen LogP contribution in [0.4, 0.5) is 5.69 Å². The van der Waals surface area contributed by atoms with Crippen molar-refractivity contribution in [3.63, 3.8) is 0 Å². The van der Waals surface area contributed by atoms with Gasteiger partial charge in [0, 0.05) is 22.7 Å². The molecule has 0 saturated heterocycles. The van der Waals surface area contributed by atoms with Gasteiger partial charge in [-0.1, -0.05) is 28.9 Å². The maximum atomic E-state index is 10.6. The molecular weight excluding hydrogens is 306 g/mol. The number of halogens is 1. The maximum Gasteiger partial charge on any atom is 0.269 e. The molecular formula is C15H10ClN3O3. The number of hydrogen-bond acceptors (Lipinski definition) is 5. The van der Waals surface area contributed by atoms with Crippen LogP contribution in [0.3, 0.4) is 0 Å². The van der Waals surface area contributed by atoms with E-state index in [-0.39, 0.29) is 5.69 Å². The van der Waals surface area contributed by atoms with Crippen LogP contribution >= 0.6 is 11.6 Å². The molecule has 2 aromatic carbocycles. The number of aromatic nitrogens is 2. The summed E-state index contributed by atoms with van der Waals surface area (Å²) in [6.45, 7) is 0. The largest absolute Gasteiger partial charge is 0.339 e. The van der Waals surface area contributed by atoms with Crippen LogP contribution in [0.15, 0.2) is 53.1 Å². The minimum absolute atomic E-state index is 0.0219. The van der Waals surface area contributed by atoms with Crippen LogP contribution in [-0.2, 0) is 6.42 Å². The van der Waals surface area contributed by atoms with E-state index in [2.05, 4.69) is 10.1 Å². The van der Waals surface area contributed by atoms with Crippen LogP contribution in [0.1, 0.15) is 11.5 Å². The van der Waals surface area contributed by atoms with Crippen LogP contribution in [-0.4, -0.2) is 15.1 Å². The Morgan fingerprint density at radius 3 is 2.41 bits per heavy atom. The van der Waals surface area contributed by atoms with Gasteiger partial charge >= 0.3 is 0 Å². The summed E-state index contributed by atoms with van der Waals surface area (Å²) < 4.78 is 5.20. The van der Waals surface area contributed by atoms with Crippen molar-refractivity contribution in [3.05, 3.63) is 75.1 Å². The molecule has 0 fully saturated rings. The molecule has 0 unspecified atom stereocenters. The average molecular weight is 316 g/mol. The molecule has 1 heterocycles.